The lowest BCUT2D eigenvalue weighted by Gasteiger charge is -2.27. The number of aromatic hydroxyl groups is 1. The second kappa shape index (κ2) is 15.0. The van der Waals surface area contributed by atoms with Crippen molar-refractivity contribution in [2.24, 2.45) is 23.3 Å². The number of amides is 3. The molecule has 0 saturated carbocycles. The first kappa shape index (κ1) is 30.9. The number of carboxylic acid groups (broad SMARTS) is 1. The third-order valence-electron chi connectivity index (χ3n) is 5.79. The minimum atomic E-state index is -1.17. The van der Waals surface area contributed by atoms with E-state index in [1.54, 1.807) is 39.8 Å². The van der Waals surface area contributed by atoms with E-state index in [0.717, 1.165) is 5.56 Å². The van der Waals surface area contributed by atoms with Gasteiger partial charge in [0.1, 0.15) is 23.9 Å². The highest BCUT2D eigenvalue weighted by molar-refractivity contribution is 5.94. The smallest absolute Gasteiger partial charge is 0.326 e. The van der Waals surface area contributed by atoms with Gasteiger partial charge < -0.3 is 37.6 Å². The number of hydrogen-bond donors (Lipinski definition) is 7. The SMILES string of the molecule is CC(C)[C@H](NC(=O)[C@H](CCCCN)NC(=O)[C@@H](NC(=O)[C@@H](N)Cc1ccc(O)cc1)C(C)C)C(=O)O. The van der Waals surface area contributed by atoms with Gasteiger partial charge in [-0.3, -0.25) is 14.4 Å². The third kappa shape index (κ3) is 10.2. The van der Waals surface area contributed by atoms with Crippen LogP contribution in [-0.2, 0) is 25.6 Å². The lowest BCUT2D eigenvalue weighted by atomic mass is 9.99. The van der Waals surface area contributed by atoms with Crippen LogP contribution in [-0.4, -0.2) is 64.6 Å². The molecule has 11 heteroatoms. The van der Waals surface area contributed by atoms with Gasteiger partial charge in [-0.2, -0.15) is 0 Å². The van der Waals surface area contributed by atoms with Gasteiger partial charge >= 0.3 is 5.97 Å². The van der Waals surface area contributed by atoms with Gasteiger partial charge in [-0.15, -0.1) is 0 Å². The van der Waals surface area contributed by atoms with Crippen LogP contribution in [0.25, 0.3) is 0 Å². The number of rotatable bonds is 15. The molecular formula is C25H41N5O6. The summed E-state index contributed by atoms with van der Waals surface area (Å²) < 4.78 is 0. The minimum Gasteiger partial charge on any atom is -0.508 e. The lowest BCUT2D eigenvalue weighted by Crippen LogP contribution is -2.59. The Kier molecular flexibility index (Phi) is 12.9. The molecule has 0 aromatic heterocycles. The lowest BCUT2D eigenvalue weighted by molar-refractivity contribution is -0.143. The number of hydrogen-bond acceptors (Lipinski definition) is 7. The second-order valence-corrected chi connectivity index (χ2v) is 9.62. The molecule has 0 spiro atoms. The van der Waals surface area contributed by atoms with Gasteiger partial charge in [0.25, 0.3) is 0 Å². The number of phenols is 1. The van der Waals surface area contributed by atoms with Crippen LogP contribution in [0.4, 0.5) is 0 Å². The molecule has 9 N–H and O–H groups in total. The Labute approximate surface area is 212 Å². The van der Waals surface area contributed by atoms with Crippen LogP contribution in [0, 0.1) is 11.8 Å². The molecule has 0 saturated heterocycles. The zero-order valence-electron chi connectivity index (χ0n) is 21.5. The summed E-state index contributed by atoms with van der Waals surface area (Å²) >= 11 is 0. The Morgan fingerprint density at radius 3 is 1.89 bits per heavy atom. The maximum absolute atomic E-state index is 13.1. The molecule has 11 nitrogen and oxygen atoms in total. The minimum absolute atomic E-state index is 0.0986. The summed E-state index contributed by atoms with van der Waals surface area (Å²) in [5.74, 6) is -3.46. The van der Waals surface area contributed by atoms with E-state index >= 15 is 0 Å². The van der Waals surface area contributed by atoms with Crippen LogP contribution in [0.1, 0.15) is 52.5 Å². The number of carbonyl (C=O) groups is 4. The number of phenolic OH excluding ortho intramolecular Hbond substituents is 1. The van der Waals surface area contributed by atoms with E-state index < -0.39 is 47.9 Å². The van der Waals surface area contributed by atoms with E-state index in [2.05, 4.69) is 16.0 Å². The van der Waals surface area contributed by atoms with Crippen LogP contribution in [0.2, 0.25) is 0 Å². The van der Waals surface area contributed by atoms with Gasteiger partial charge in [-0.25, -0.2) is 4.79 Å². The molecule has 0 bridgehead atoms. The van der Waals surface area contributed by atoms with E-state index in [-0.39, 0.29) is 30.4 Å². The van der Waals surface area contributed by atoms with Gasteiger partial charge in [-0.1, -0.05) is 39.8 Å². The number of nitrogens with one attached hydrogen (secondary N) is 3. The summed E-state index contributed by atoms with van der Waals surface area (Å²) in [5.41, 5.74) is 12.3. The Balaban J connectivity index is 2.92. The van der Waals surface area contributed by atoms with Crippen molar-refractivity contribution < 1.29 is 29.4 Å². The molecule has 1 rings (SSSR count). The summed E-state index contributed by atoms with van der Waals surface area (Å²) in [6.45, 7) is 7.26. The fourth-order valence-corrected chi connectivity index (χ4v) is 3.56. The summed E-state index contributed by atoms with van der Waals surface area (Å²) in [6, 6.07) is 2.30. The predicted octanol–water partition coefficient (Wildman–Crippen LogP) is 0.242. The summed E-state index contributed by atoms with van der Waals surface area (Å²) in [4.78, 5) is 50.3. The largest absolute Gasteiger partial charge is 0.508 e. The van der Waals surface area contributed by atoms with E-state index in [4.69, 9.17) is 11.5 Å². The Bertz CT molecular complexity index is 874. The molecule has 3 amide bonds. The molecule has 0 aliphatic carbocycles. The molecule has 0 aliphatic heterocycles. The molecule has 0 heterocycles. The fraction of sp³-hybridized carbons (Fsp3) is 0.600. The molecule has 0 fully saturated rings. The van der Waals surface area contributed by atoms with Crippen LogP contribution < -0.4 is 27.4 Å². The van der Waals surface area contributed by atoms with E-state index in [1.165, 1.54) is 12.1 Å². The van der Waals surface area contributed by atoms with E-state index in [0.29, 0.717) is 19.4 Å². The quantitative estimate of drug-likeness (QED) is 0.164. The van der Waals surface area contributed by atoms with Crippen molar-refractivity contribution in [3.05, 3.63) is 29.8 Å². The van der Waals surface area contributed by atoms with Crippen molar-refractivity contribution in [3.63, 3.8) is 0 Å². The Hall–Kier alpha value is -3.18. The molecule has 36 heavy (non-hydrogen) atoms. The van der Waals surface area contributed by atoms with Gasteiger partial charge in [0.2, 0.25) is 17.7 Å². The number of unbranched alkanes of at least 4 members (excludes halogenated alkanes) is 1. The van der Waals surface area contributed by atoms with Crippen molar-refractivity contribution >= 4 is 23.7 Å². The monoisotopic (exact) mass is 507 g/mol. The number of nitrogens with two attached hydrogens (primary N) is 2. The number of carboxylic acids is 1. The zero-order valence-corrected chi connectivity index (χ0v) is 21.5. The van der Waals surface area contributed by atoms with Gasteiger partial charge in [0.05, 0.1) is 6.04 Å². The van der Waals surface area contributed by atoms with Gasteiger partial charge in [0.15, 0.2) is 0 Å². The van der Waals surface area contributed by atoms with Crippen LogP contribution in [0.5, 0.6) is 5.75 Å². The summed E-state index contributed by atoms with van der Waals surface area (Å²) in [5, 5.41) is 26.6. The molecule has 0 aliphatic rings. The van der Waals surface area contributed by atoms with E-state index in [1.807, 2.05) is 0 Å². The molecule has 1 aromatic carbocycles. The van der Waals surface area contributed by atoms with Crippen molar-refractivity contribution in [1.29, 1.82) is 0 Å². The second-order valence-electron chi connectivity index (χ2n) is 9.62. The van der Waals surface area contributed by atoms with Crippen molar-refractivity contribution in [2.75, 3.05) is 6.54 Å². The van der Waals surface area contributed by atoms with Crippen LogP contribution in [0.3, 0.4) is 0 Å². The van der Waals surface area contributed by atoms with Crippen molar-refractivity contribution in [3.8, 4) is 5.75 Å². The van der Waals surface area contributed by atoms with Crippen LogP contribution in [0.15, 0.2) is 24.3 Å². The van der Waals surface area contributed by atoms with Gasteiger partial charge in [-0.05, 0) is 61.8 Å². The zero-order chi connectivity index (χ0) is 27.4. The topological polar surface area (TPSA) is 197 Å². The highest BCUT2D eigenvalue weighted by Crippen LogP contribution is 2.12. The van der Waals surface area contributed by atoms with Crippen molar-refractivity contribution in [1.82, 2.24) is 16.0 Å². The molecule has 4 atom stereocenters. The standard InChI is InChI=1S/C25H41N5O6/c1-14(2)20(29-22(32)18(27)13-16-8-10-17(31)11-9-16)24(34)28-19(7-5-6-12-26)23(33)30-21(15(3)4)25(35)36/h8-11,14-15,18-21,31H,5-7,12-13,26-27H2,1-4H3,(H,28,34)(H,29,32)(H,30,33)(H,35,36)/t18-,19-,20-,21-/m0/s1. The first-order chi connectivity index (χ1) is 16.9. The summed E-state index contributed by atoms with van der Waals surface area (Å²) in [6.07, 6.45) is 1.64. The molecule has 0 unspecified atom stereocenters. The fourth-order valence-electron chi connectivity index (χ4n) is 3.56. The average Bonchev–Trinajstić information content (AvgIpc) is 2.80. The molecular weight excluding hydrogens is 466 g/mol. The Morgan fingerprint density at radius 1 is 0.833 bits per heavy atom. The van der Waals surface area contributed by atoms with Crippen LogP contribution >= 0.6 is 0 Å². The molecule has 0 radical (unpaired) electrons. The molecule has 202 valence electrons. The Morgan fingerprint density at radius 2 is 1.39 bits per heavy atom. The first-order valence-corrected chi connectivity index (χ1v) is 12.2. The number of benzene rings is 1. The average molecular weight is 508 g/mol. The molecule has 1 aromatic rings. The maximum atomic E-state index is 13.1. The maximum Gasteiger partial charge on any atom is 0.326 e. The highest BCUT2D eigenvalue weighted by atomic mass is 16.4. The number of carbonyl (C=O) groups excluding carboxylic acids is 3. The number of aliphatic carboxylic acids is 1. The first-order valence-electron chi connectivity index (χ1n) is 12.2. The normalized spacial score (nSPS) is 14.6. The summed E-state index contributed by atoms with van der Waals surface area (Å²) in [7, 11) is 0. The highest BCUT2D eigenvalue weighted by Gasteiger charge is 2.32. The predicted molar refractivity (Wildman–Crippen MR) is 136 cm³/mol. The van der Waals surface area contributed by atoms with Gasteiger partial charge in [0, 0.05) is 0 Å². The van der Waals surface area contributed by atoms with Crippen molar-refractivity contribution in [2.45, 2.75) is 77.5 Å². The third-order valence-corrected chi connectivity index (χ3v) is 5.79. The van der Waals surface area contributed by atoms with E-state index in [9.17, 15) is 29.4 Å².